The molecule has 0 aliphatic rings. The molecule has 0 aliphatic heterocycles. The molecule has 0 unspecified atom stereocenters. The molecule has 0 aromatic heterocycles. The SMILES string of the molecule is NCCCC[C@H](NC(P(=O)(O)O)P(=O)(O)O)C(=O)O. The van der Waals surface area contributed by atoms with E-state index in [9.17, 15) is 13.9 Å². The zero-order chi connectivity index (χ0) is 15.3. The molecule has 0 aromatic rings. The lowest BCUT2D eigenvalue weighted by Gasteiger charge is -2.24. The summed E-state index contributed by atoms with van der Waals surface area (Å²) in [4.78, 5) is 46.3. The highest BCUT2D eigenvalue weighted by atomic mass is 31.2. The third-order valence-electron chi connectivity index (χ3n) is 2.23. The zero-order valence-electron chi connectivity index (χ0n) is 9.92. The van der Waals surface area contributed by atoms with Gasteiger partial charge in [-0.25, -0.2) is 0 Å². The lowest BCUT2D eigenvalue weighted by Crippen LogP contribution is -2.43. The van der Waals surface area contributed by atoms with Gasteiger partial charge in [0.1, 0.15) is 6.04 Å². The number of hydrogen-bond donors (Lipinski definition) is 7. The Bertz CT molecular complexity index is 369. The van der Waals surface area contributed by atoms with Gasteiger partial charge in [0.25, 0.3) is 0 Å². The fraction of sp³-hybridized carbons (Fsp3) is 0.857. The molecule has 0 saturated carbocycles. The van der Waals surface area contributed by atoms with Crippen LogP contribution in [0.25, 0.3) is 0 Å². The second-order valence-electron chi connectivity index (χ2n) is 3.89. The lowest BCUT2D eigenvalue weighted by atomic mass is 10.1. The first-order valence-electron chi connectivity index (χ1n) is 5.29. The van der Waals surface area contributed by atoms with Crippen LogP contribution in [-0.4, -0.2) is 48.8 Å². The van der Waals surface area contributed by atoms with E-state index >= 15 is 0 Å². The fourth-order valence-corrected chi connectivity index (χ4v) is 3.66. The molecule has 0 heterocycles. The van der Waals surface area contributed by atoms with Crippen LogP contribution in [0.5, 0.6) is 0 Å². The Morgan fingerprint density at radius 2 is 1.58 bits per heavy atom. The molecule has 0 aromatic carbocycles. The van der Waals surface area contributed by atoms with E-state index in [1.54, 1.807) is 0 Å². The smallest absolute Gasteiger partial charge is 0.354 e. The highest BCUT2D eigenvalue weighted by molar-refractivity contribution is 7.70. The molecule has 0 amide bonds. The maximum Gasteiger partial charge on any atom is 0.354 e. The molecule has 12 heteroatoms. The highest BCUT2D eigenvalue weighted by Gasteiger charge is 2.45. The fourth-order valence-electron chi connectivity index (χ4n) is 1.34. The lowest BCUT2D eigenvalue weighted by molar-refractivity contribution is -0.139. The van der Waals surface area contributed by atoms with Crippen LogP contribution >= 0.6 is 15.2 Å². The Labute approximate surface area is 109 Å². The van der Waals surface area contributed by atoms with E-state index in [1.807, 2.05) is 5.32 Å². The van der Waals surface area contributed by atoms with Crippen molar-refractivity contribution >= 4 is 21.2 Å². The molecule has 0 fully saturated rings. The van der Waals surface area contributed by atoms with Gasteiger partial charge in [0, 0.05) is 0 Å². The largest absolute Gasteiger partial charge is 0.480 e. The van der Waals surface area contributed by atoms with Crippen LogP contribution in [0.15, 0.2) is 0 Å². The maximum atomic E-state index is 11.0. The molecular formula is C7H18N2O8P2. The molecule has 0 radical (unpaired) electrons. The molecule has 0 bridgehead atoms. The highest BCUT2D eigenvalue weighted by Crippen LogP contribution is 2.58. The monoisotopic (exact) mass is 320 g/mol. The van der Waals surface area contributed by atoms with Crippen molar-refractivity contribution in [3.05, 3.63) is 0 Å². The van der Waals surface area contributed by atoms with E-state index < -0.39 is 32.7 Å². The van der Waals surface area contributed by atoms with Gasteiger partial charge >= 0.3 is 21.2 Å². The van der Waals surface area contributed by atoms with Crippen LogP contribution in [0.2, 0.25) is 0 Å². The van der Waals surface area contributed by atoms with Gasteiger partial charge in [-0.2, -0.15) is 0 Å². The second-order valence-corrected chi connectivity index (χ2v) is 7.69. The summed E-state index contributed by atoms with van der Waals surface area (Å²) in [5.41, 5.74) is 2.69. The number of carbonyl (C=O) groups is 1. The maximum absolute atomic E-state index is 11.0. The van der Waals surface area contributed by atoms with Gasteiger partial charge in [0.2, 0.25) is 5.52 Å². The van der Waals surface area contributed by atoms with Crippen molar-refractivity contribution in [2.24, 2.45) is 5.73 Å². The summed E-state index contributed by atoms with van der Waals surface area (Å²) in [6, 6.07) is -1.48. The first-order chi connectivity index (χ1) is 8.50. The van der Waals surface area contributed by atoms with Crippen molar-refractivity contribution in [2.75, 3.05) is 6.54 Å². The molecule has 1 atom stereocenters. The van der Waals surface area contributed by atoms with Gasteiger partial charge in [0.05, 0.1) is 0 Å². The van der Waals surface area contributed by atoms with Crippen LogP contribution in [-0.2, 0) is 13.9 Å². The minimum Gasteiger partial charge on any atom is -0.480 e. The molecule has 0 spiro atoms. The third-order valence-corrected chi connectivity index (χ3v) is 5.61. The van der Waals surface area contributed by atoms with E-state index in [1.165, 1.54) is 0 Å². The Morgan fingerprint density at radius 3 is 1.89 bits per heavy atom. The molecule has 19 heavy (non-hydrogen) atoms. The van der Waals surface area contributed by atoms with Crippen LogP contribution in [0.1, 0.15) is 19.3 Å². The van der Waals surface area contributed by atoms with Crippen LogP contribution < -0.4 is 11.1 Å². The second kappa shape index (κ2) is 7.47. The Kier molecular flexibility index (Phi) is 7.34. The van der Waals surface area contributed by atoms with Gasteiger partial charge in [0.15, 0.2) is 0 Å². The van der Waals surface area contributed by atoms with Crippen LogP contribution in [0.4, 0.5) is 0 Å². The van der Waals surface area contributed by atoms with E-state index in [0.717, 1.165) is 0 Å². The number of carboxylic acids is 1. The van der Waals surface area contributed by atoms with E-state index in [2.05, 4.69) is 0 Å². The standard InChI is InChI=1S/C7H18N2O8P2/c8-4-2-1-3-5(6(10)11)9-7(18(12,13)14)19(15,16)17/h5,7,9H,1-4,8H2,(H,10,11)(H2,12,13,14)(H2,15,16,17)/t5-/m0/s1. The van der Waals surface area contributed by atoms with E-state index in [0.29, 0.717) is 19.4 Å². The summed E-state index contributed by atoms with van der Waals surface area (Å²) in [6.07, 6.45) is 0.778. The van der Waals surface area contributed by atoms with Crippen molar-refractivity contribution in [2.45, 2.75) is 30.8 Å². The zero-order valence-corrected chi connectivity index (χ0v) is 11.7. The summed E-state index contributed by atoms with van der Waals surface area (Å²) in [5, 5.41) is 10.7. The summed E-state index contributed by atoms with van der Waals surface area (Å²) >= 11 is 0. The number of hydrogen-bond acceptors (Lipinski definition) is 5. The van der Waals surface area contributed by atoms with Gasteiger partial charge in [-0.1, -0.05) is 6.42 Å². The Balaban J connectivity index is 4.92. The van der Waals surface area contributed by atoms with E-state index in [4.69, 9.17) is 30.4 Å². The normalized spacial score (nSPS) is 14.6. The van der Waals surface area contributed by atoms with Crippen LogP contribution in [0, 0.1) is 0 Å². The van der Waals surface area contributed by atoms with Crippen molar-refractivity contribution in [3.63, 3.8) is 0 Å². The predicted molar refractivity (Wildman–Crippen MR) is 65.3 cm³/mol. The third kappa shape index (κ3) is 7.14. The van der Waals surface area contributed by atoms with Gasteiger partial charge in [-0.15, -0.1) is 0 Å². The number of unbranched alkanes of at least 4 members (excludes halogenated alkanes) is 1. The predicted octanol–water partition coefficient (Wildman–Crippen LogP) is -1.20. The summed E-state index contributed by atoms with van der Waals surface area (Å²) in [6.45, 7) is 0.312. The summed E-state index contributed by atoms with van der Waals surface area (Å²) in [5.74, 6) is -1.45. The molecule has 114 valence electrons. The first kappa shape index (κ1) is 18.7. The molecule has 0 rings (SSSR count). The van der Waals surface area contributed by atoms with E-state index in [-0.39, 0.29) is 6.42 Å². The number of nitrogens with one attached hydrogen (secondary N) is 1. The molecule has 0 saturated heterocycles. The Morgan fingerprint density at radius 1 is 1.11 bits per heavy atom. The average Bonchev–Trinajstić information content (AvgIpc) is 2.18. The summed E-state index contributed by atoms with van der Waals surface area (Å²) < 4.78 is 22.0. The average molecular weight is 320 g/mol. The van der Waals surface area contributed by atoms with Crippen molar-refractivity contribution in [3.8, 4) is 0 Å². The number of rotatable bonds is 9. The van der Waals surface area contributed by atoms with Gasteiger partial charge < -0.3 is 30.4 Å². The van der Waals surface area contributed by atoms with Gasteiger partial charge in [-0.05, 0) is 19.4 Å². The minimum atomic E-state index is -5.19. The topological polar surface area (TPSA) is 190 Å². The Hall–Kier alpha value is -0.310. The minimum absolute atomic E-state index is 0.0525. The van der Waals surface area contributed by atoms with Crippen LogP contribution in [0.3, 0.4) is 0 Å². The summed E-state index contributed by atoms with van der Waals surface area (Å²) in [7, 11) is -10.4. The van der Waals surface area contributed by atoms with Gasteiger partial charge in [-0.3, -0.25) is 19.2 Å². The molecule has 10 nitrogen and oxygen atoms in total. The quantitative estimate of drug-likeness (QED) is 0.200. The number of nitrogens with two attached hydrogens (primary N) is 1. The van der Waals surface area contributed by atoms with Crippen molar-refractivity contribution in [1.29, 1.82) is 0 Å². The first-order valence-corrected chi connectivity index (χ1v) is 8.65. The molecular weight excluding hydrogens is 302 g/mol. The van der Waals surface area contributed by atoms with Crippen molar-refractivity contribution < 1.29 is 38.6 Å². The molecule has 0 aliphatic carbocycles. The molecule has 8 N–H and O–H groups in total. The number of aliphatic carboxylic acids is 1. The number of carboxylic acid groups (broad SMARTS) is 1. The van der Waals surface area contributed by atoms with Crippen molar-refractivity contribution in [1.82, 2.24) is 5.32 Å².